The number of hydrogen-bond acceptors (Lipinski definition) is 5. The van der Waals surface area contributed by atoms with Gasteiger partial charge >= 0.3 is 0 Å². The molecule has 0 aliphatic carbocycles. The summed E-state index contributed by atoms with van der Waals surface area (Å²) in [4.78, 5) is 0.339. The van der Waals surface area contributed by atoms with Gasteiger partial charge in [-0.2, -0.15) is 23.5 Å². The first-order valence-corrected chi connectivity index (χ1v) is 10.2. The summed E-state index contributed by atoms with van der Waals surface area (Å²) in [5.74, 6) is 3.30. The molecular formula is C13H20N2O2S3. The van der Waals surface area contributed by atoms with Gasteiger partial charge in [-0.3, -0.25) is 0 Å². The summed E-state index contributed by atoms with van der Waals surface area (Å²) in [5.41, 5.74) is 1.07. The van der Waals surface area contributed by atoms with Gasteiger partial charge in [0.25, 0.3) is 0 Å². The highest BCUT2D eigenvalue weighted by molar-refractivity contribution is 8.06. The third-order valence-corrected chi connectivity index (χ3v) is 7.28. The molecule has 1 unspecified atom stereocenters. The Morgan fingerprint density at radius 2 is 2.00 bits per heavy atom. The standard InChI is InChI=1S/C13H20N2O2S3/c1-14-8-11-2-4-13(5-3-11)20(16,17)15-9-12-10-18-6-7-19-12/h2-5,12,14-15H,6-10H2,1H3. The summed E-state index contributed by atoms with van der Waals surface area (Å²) in [6.45, 7) is 1.25. The summed E-state index contributed by atoms with van der Waals surface area (Å²) in [6, 6.07) is 7.02. The van der Waals surface area contributed by atoms with Crippen molar-refractivity contribution in [3.05, 3.63) is 29.8 Å². The van der Waals surface area contributed by atoms with Crippen LogP contribution in [0.5, 0.6) is 0 Å². The predicted octanol–water partition coefficient (Wildman–Crippen LogP) is 1.53. The number of rotatable bonds is 6. The number of thioether (sulfide) groups is 2. The maximum absolute atomic E-state index is 12.2. The van der Waals surface area contributed by atoms with Crippen LogP contribution in [0.2, 0.25) is 0 Å². The Kier molecular flexibility index (Phi) is 6.22. The molecule has 1 heterocycles. The van der Waals surface area contributed by atoms with Crippen molar-refractivity contribution in [2.24, 2.45) is 0 Å². The quantitative estimate of drug-likeness (QED) is 0.827. The lowest BCUT2D eigenvalue weighted by Gasteiger charge is -2.21. The lowest BCUT2D eigenvalue weighted by Crippen LogP contribution is -2.33. The second-order valence-corrected chi connectivity index (χ2v) is 8.92. The maximum Gasteiger partial charge on any atom is 0.240 e. The van der Waals surface area contributed by atoms with Crippen molar-refractivity contribution >= 4 is 33.5 Å². The van der Waals surface area contributed by atoms with Crippen molar-refractivity contribution in [1.29, 1.82) is 0 Å². The number of nitrogens with one attached hydrogen (secondary N) is 2. The topological polar surface area (TPSA) is 58.2 Å². The van der Waals surface area contributed by atoms with Crippen molar-refractivity contribution in [3.63, 3.8) is 0 Å². The van der Waals surface area contributed by atoms with E-state index in [4.69, 9.17) is 0 Å². The minimum Gasteiger partial charge on any atom is -0.316 e. The Morgan fingerprint density at radius 3 is 2.60 bits per heavy atom. The first kappa shape index (κ1) is 16.2. The zero-order valence-corrected chi connectivity index (χ0v) is 13.9. The lowest BCUT2D eigenvalue weighted by atomic mass is 10.2. The highest BCUT2D eigenvalue weighted by Crippen LogP contribution is 2.23. The van der Waals surface area contributed by atoms with Gasteiger partial charge in [0.05, 0.1) is 4.90 Å². The van der Waals surface area contributed by atoms with Gasteiger partial charge in [-0.1, -0.05) is 12.1 Å². The fourth-order valence-electron chi connectivity index (χ4n) is 1.93. The third-order valence-electron chi connectivity index (χ3n) is 3.00. The zero-order valence-electron chi connectivity index (χ0n) is 11.5. The van der Waals surface area contributed by atoms with Crippen molar-refractivity contribution in [2.45, 2.75) is 16.7 Å². The highest BCUT2D eigenvalue weighted by Gasteiger charge is 2.19. The molecule has 0 saturated carbocycles. The zero-order chi connectivity index (χ0) is 14.4. The second kappa shape index (κ2) is 7.70. The molecule has 1 aliphatic heterocycles. The van der Waals surface area contributed by atoms with Crippen LogP contribution >= 0.6 is 23.5 Å². The average molecular weight is 333 g/mol. The predicted molar refractivity (Wildman–Crippen MR) is 88.0 cm³/mol. The fourth-order valence-corrected chi connectivity index (χ4v) is 5.73. The molecule has 2 N–H and O–H groups in total. The maximum atomic E-state index is 12.2. The van der Waals surface area contributed by atoms with Crippen molar-refractivity contribution in [1.82, 2.24) is 10.0 Å². The minimum absolute atomic E-state index is 0.339. The Labute approximate surface area is 129 Å². The largest absolute Gasteiger partial charge is 0.316 e. The van der Waals surface area contributed by atoms with Gasteiger partial charge in [0, 0.05) is 35.6 Å². The van der Waals surface area contributed by atoms with Gasteiger partial charge in [0.2, 0.25) is 10.0 Å². The molecule has 1 fully saturated rings. The van der Waals surface area contributed by atoms with E-state index in [1.807, 2.05) is 42.7 Å². The van der Waals surface area contributed by atoms with Crippen LogP contribution in [0.1, 0.15) is 5.56 Å². The van der Waals surface area contributed by atoms with E-state index in [-0.39, 0.29) is 0 Å². The molecule has 4 nitrogen and oxygen atoms in total. The number of sulfonamides is 1. The van der Waals surface area contributed by atoms with E-state index in [0.29, 0.717) is 16.7 Å². The molecule has 1 aromatic rings. The Morgan fingerprint density at radius 1 is 1.25 bits per heavy atom. The van der Waals surface area contributed by atoms with E-state index in [9.17, 15) is 8.42 Å². The summed E-state index contributed by atoms with van der Waals surface area (Å²) in [6.07, 6.45) is 0. The average Bonchev–Trinajstić information content (AvgIpc) is 2.47. The molecule has 1 aliphatic rings. The van der Waals surface area contributed by atoms with Gasteiger partial charge in [0.15, 0.2) is 0 Å². The van der Waals surface area contributed by atoms with Crippen LogP contribution in [0.4, 0.5) is 0 Å². The number of benzene rings is 1. The summed E-state index contributed by atoms with van der Waals surface area (Å²) in [7, 11) is -1.52. The molecule has 1 saturated heterocycles. The molecule has 2 rings (SSSR count). The van der Waals surface area contributed by atoms with Crippen LogP contribution in [0.25, 0.3) is 0 Å². The number of hydrogen-bond donors (Lipinski definition) is 2. The van der Waals surface area contributed by atoms with Crippen LogP contribution in [-0.2, 0) is 16.6 Å². The van der Waals surface area contributed by atoms with Crippen molar-refractivity contribution < 1.29 is 8.42 Å². The fraction of sp³-hybridized carbons (Fsp3) is 0.538. The Balaban J connectivity index is 1.94. The third kappa shape index (κ3) is 4.66. The van der Waals surface area contributed by atoms with E-state index in [2.05, 4.69) is 10.0 Å². The highest BCUT2D eigenvalue weighted by atomic mass is 32.2. The monoisotopic (exact) mass is 332 g/mol. The van der Waals surface area contributed by atoms with E-state index in [0.717, 1.165) is 23.6 Å². The van der Waals surface area contributed by atoms with Gasteiger partial charge in [-0.15, -0.1) is 0 Å². The molecule has 0 aromatic heterocycles. The molecule has 0 spiro atoms. The molecular weight excluding hydrogens is 312 g/mol. The SMILES string of the molecule is CNCc1ccc(S(=O)(=O)NCC2CSCCS2)cc1. The normalized spacial score (nSPS) is 19.9. The molecule has 7 heteroatoms. The van der Waals surface area contributed by atoms with Gasteiger partial charge in [-0.25, -0.2) is 13.1 Å². The van der Waals surface area contributed by atoms with Gasteiger partial charge in [0.1, 0.15) is 0 Å². The van der Waals surface area contributed by atoms with Gasteiger partial charge < -0.3 is 5.32 Å². The van der Waals surface area contributed by atoms with Crippen LogP contribution in [0.3, 0.4) is 0 Å². The molecule has 1 atom stereocenters. The molecule has 0 amide bonds. The van der Waals surface area contributed by atoms with Crippen LogP contribution in [0, 0.1) is 0 Å². The van der Waals surface area contributed by atoms with Crippen LogP contribution in [-0.4, -0.2) is 44.5 Å². The Bertz CT molecular complexity index is 511. The van der Waals surface area contributed by atoms with Crippen LogP contribution < -0.4 is 10.0 Å². The molecule has 112 valence electrons. The van der Waals surface area contributed by atoms with E-state index in [1.165, 1.54) is 5.75 Å². The molecule has 0 radical (unpaired) electrons. The second-order valence-electron chi connectivity index (χ2n) is 4.59. The first-order valence-electron chi connectivity index (χ1n) is 6.54. The summed E-state index contributed by atoms with van der Waals surface area (Å²) in [5, 5.41) is 3.42. The van der Waals surface area contributed by atoms with E-state index in [1.54, 1.807) is 12.1 Å². The van der Waals surface area contributed by atoms with Gasteiger partial charge in [-0.05, 0) is 24.7 Å². The van der Waals surface area contributed by atoms with Crippen LogP contribution in [0.15, 0.2) is 29.2 Å². The van der Waals surface area contributed by atoms with Crippen molar-refractivity contribution in [3.8, 4) is 0 Å². The first-order chi connectivity index (χ1) is 9.62. The van der Waals surface area contributed by atoms with Crippen molar-refractivity contribution in [2.75, 3.05) is 30.9 Å². The molecule has 0 bridgehead atoms. The summed E-state index contributed by atoms with van der Waals surface area (Å²) >= 11 is 3.75. The molecule has 1 aromatic carbocycles. The Hall–Kier alpha value is -0.210. The summed E-state index contributed by atoms with van der Waals surface area (Å²) < 4.78 is 27.1. The minimum atomic E-state index is -3.38. The van der Waals surface area contributed by atoms with E-state index >= 15 is 0 Å². The molecule has 20 heavy (non-hydrogen) atoms. The van der Waals surface area contributed by atoms with E-state index < -0.39 is 10.0 Å². The lowest BCUT2D eigenvalue weighted by molar-refractivity contribution is 0.581. The smallest absolute Gasteiger partial charge is 0.240 e.